The van der Waals surface area contributed by atoms with Crippen LogP contribution >= 0.6 is 34.5 Å². The zero-order valence-electron chi connectivity index (χ0n) is 14.6. The Morgan fingerprint density at radius 1 is 1.23 bits per heavy atom. The third kappa shape index (κ3) is 2.82. The molecular weight excluding hydrogens is 395 g/mol. The Kier molecular flexibility index (Phi) is 4.63. The van der Waals surface area contributed by atoms with Crippen molar-refractivity contribution < 1.29 is 9.90 Å². The normalized spacial score (nSPS) is 11.9. The first-order chi connectivity index (χ1) is 12.1. The summed E-state index contributed by atoms with van der Waals surface area (Å²) in [6.45, 7) is 6.50. The highest BCUT2D eigenvalue weighted by Gasteiger charge is 2.33. The van der Waals surface area contributed by atoms with Crippen LogP contribution in [0.1, 0.15) is 24.5 Å². The molecule has 136 valence electrons. The topological polar surface area (TPSA) is 72.2 Å². The molecule has 1 aromatic carbocycles. The number of aryl methyl sites for hydroxylation is 2. The van der Waals surface area contributed by atoms with E-state index in [0.717, 1.165) is 10.4 Å². The number of rotatable bonds is 3. The van der Waals surface area contributed by atoms with Crippen molar-refractivity contribution in [2.75, 3.05) is 0 Å². The van der Waals surface area contributed by atoms with Crippen LogP contribution in [0, 0.1) is 13.8 Å². The molecule has 0 aliphatic rings. The zero-order valence-corrected chi connectivity index (χ0v) is 16.9. The second kappa shape index (κ2) is 6.37. The first kappa shape index (κ1) is 18.9. The molecule has 0 aliphatic heterocycles. The Morgan fingerprint density at radius 2 is 1.88 bits per heavy atom. The van der Waals surface area contributed by atoms with Crippen molar-refractivity contribution in [3.05, 3.63) is 49.3 Å². The maximum Gasteiger partial charge on any atom is 0.329 e. The number of carbonyl (C=O) groups is 1. The van der Waals surface area contributed by atoms with Crippen molar-refractivity contribution in [2.45, 2.75) is 33.2 Å². The van der Waals surface area contributed by atoms with E-state index >= 15 is 0 Å². The van der Waals surface area contributed by atoms with Crippen LogP contribution in [-0.4, -0.2) is 20.6 Å². The lowest BCUT2D eigenvalue weighted by atomic mass is 10.0. The molecule has 5 nitrogen and oxygen atoms in total. The van der Waals surface area contributed by atoms with Gasteiger partial charge in [0.15, 0.2) is 0 Å². The minimum absolute atomic E-state index is 0.358. The van der Waals surface area contributed by atoms with Gasteiger partial charge < -0.3 is 5.11 Å². The third-order valence-corrected chi connectivity index (χ3v) is 6.10. The van der Waals surface area contributed by atoms with Gasteiger partial charge in [0.25, 0.3) is 5.56 Å². The van der Waals surface area contributed by atoms with E-state index in [-0.39, 0.29) is 5.56 Å². The van der Waals surface area contributed by atoms with E-state index < -0.39 is 11.5 Å². The van der Waals surface area contributed by atoms with Gasteiger partial charge in [-0.3, -0.25) is 9.36 Å². The molecular formula is C18H16Cl2N2O3S. The highest BCUT2D eigenvalue weighted by Crippen LogP contribution is 2.38. The fraction of sp³-hybridized carbons (Fsp3) is 0.278. The van der Waals surface area contributed by atoms with Gasteiger partial charge in [-0.15, -0.1) is 11.3 Å². The predicted molar refractivity (Wildman–Crippen MR) is 106 cm³/mol. The first-order valence-electron chi connectivity index (χ1n) is 7.77. The fourth-order valence-electron chi connectivity index (χ4n) is 3.02. The largest absolute Gasteiger partial charge is 0.480 e. The highest BCUT2D eigenvalue weighted by molar-refractivity contribution is 7.19. The number of carboxylic acids is 1. The Morgan fingerprint density at radius 3 is 2.46 bits per heavy atom. The van der Waals surface area contributed by atoms with Gasteiger partial charge in [-0.1, -0.05) is 29.3 Å². The number of aromatic nitrogens is 2. The molecule has 0 radical (unpaired) electrons. The van der Waals surface area contributed by atoms with Crippen molar-refractivity contribution >= 4 is 50.7 Å². The number of nitrogens with zero attached hydrogens (tertiary/aromatic N) is 2. The molecule has 3 aromatic rings. The van der Waals surface area contributed by atoms with Crippen molar-refractivity contribution in [3.8, 4) is 11.1 Å². The summed E-state index contributed by atoms with van der Waals surface area (Å²) in [4.78, 5) is 30.9. The first-order valence-corrected chi connectivity index (χ1v) is 9.35. The number of hydrogen-bond acceptors (Lipinski definition) is 4. The molecule has 2 heterocycles. The van der Waals surface area contributed by atoms with E-state index in [1.807, 2.05) is 6.92 Å². The monoisotopic (exact) mass is 410 g/mol. The Labute approximate surface area is 163 Å². The van der Waals surface area contributed by atoms with Crippen molar-refractivity contribution in [1.82, 2.24) is 9.55 Å². The number of benzene rings is 1. The molecule has 0 bridgehead atoms. The molecule has 26 heavy (non-hydrogen) atoms. The molecule has 2 aromatic heterocycles. The van der Waals surface area contributed by atoms with Gasteiger partial charge in [-0.25, -0.2) is 9.78 Å². The molecule has 1 N–H and O–H groups in total. The predicted octanol–water partition coefficient (Wildman–Crippen LogP) is 4.87. The van der Waals surface area contributed by atoms with Gasteiger partial charge in [-0.05, 0) is 45.4 Å². The highest BCUT2D eigenvalue weighted by atomic mass is 35.5. The minimum Gasteiger partial charge on any atom is -0.480 e. The summed E-state index contributed by atoms with van der Waals surface area (Å²) in [6.07, 6.45) is 0. The summed E-state index contributed by atoms with van der Waals surface area (Å²) in [5.41, 5.74) is -0.362. The van der Waals surface area contributed by atoms with E-state index in [1.165, 1.54) is 29.8 Å². The Balaban J connectivity index is 2.43. The van der Waals surface area contributed by atoms with Gasteiger partial charge >= 0.3 is 5.97 Å². The zero-order chi connectivity index (χ0) is 19.4. The van der Waals surface area contributed by atoms with Gasteiger partial charge in [-0.2, -0.15) is 0 Å². The number of fused-ring (bicyclic) bond motifs is 1. The average Bonchev–Trinajstić information content (AvgIpc) is 2.85. The third-order valence-electron chi connectivity index (χ3n) is 4.36. The summed E-state index contributed by atoms with van der Waals surface area (Å²) in [7, 11) is 0. The molecule has 3 rings (SSSR count). The van der Waals surface area contributed by atoms with E-state index in [9.17, 15) is 14.7 Å². The molecule has 0 unspecified atom stereocenters. The van der Waals surface area contributed by atoms with Crippen LogP contribution in [-0.2, 0) is 10.3 Å². The van der Waals surface area contributed by atoms with Crippen LogP contribution in [0.3, 0.4) is 0 Å². The Bertz CT molecular complexity index is 1120. The van der Waals surface area contributed by atoms with E-state index in [2.05, 4.69) is 4.98 Å². The average molecular weight is 411 g/mol. The summed E-state index contributed by atoms with van der Waals surface area (Å²) in [5.74, 6) is -0.747. The van der Waals surface area contributed by atoms with Crippen LogP contribution < -0.4 is 5.56 Å². The lowest BCUT2D eigenvalue weighted by Crippen LogP contribution is -2.44. The van der Waals surface area contributed by atoms with Crippen LogP contribution in [0.25, 0.3) is 21.3 Å². The number of halogens is 2. The maximum atomic E-state index is 13.3. The summed E-state index contributed by atoms with van der Waals surface area (Å²) >= 11 is 13.5. The van der Waals surface area contributed by atoms with Gasteiger partial charge in [0.05, 0.1) is 15.4 Å². The SMILES string of the molecule is Cc1sc2nc(C)n(C(C)(C)C(=O)O)c(=O)c2c1-c1ccc(Cl)c(Cl)c1. The smallest absolute Gasteiger partial charge is 0.329 e. The van der Waals surface area contributed by atoms with Crippen molar-refractivity contribution in [1.29, 1.82) is 0 Å². The molecule has 0 spiro atoms. The van der Waals surface area contributed by atoms with E-state index in [4.69, 9.17) is 23.2 Å². The van der Waals surface area contributed by atoms with Crippen molar-refractivity contribution in [2.24, 2.45) is 0 Å². The van der Waals surface area contributed by atoms with E-state index in [1.54, 1.807) is 25.1 Å². The van der Waals surface area contributed by atoms with Crippen LogP contribution in [0.4, 0.5) is 0 Å². The van der Waals surface area contributed by atoms with Crippen LogP contribution in [0.5, 0.6) is 0 Å². The second-order valence-electron chi connectivity index (χ2n) is 6.51. The quantitative estimate of drug-likeness (QED) is 0.668. The summed E-state index contributed by atoms with van der Waals surface area (Å²) in [5, 5.41) is 10.8. The van der Waals surface area contributed by atoms with Crippen molar-refractivity contribution in [3.63, 3.8) is 0 Å². The van der Waals surface area contributed by atoms with Crippen LogP contribution in [0.2, 0.25) is 10.0 Å². The Hall–Kier alpha value is -1.89. The molecule has 8 heteroatoms. The van der Waals surface area contributed by atoms with E-state index in [0.29, 0.717) is 31.6 Å². The minimum atomic E-state index is -1.42. The maximum absolute atomic E-state index is 13.3. The second-order valence-corrected chi connectivity index (χ2v) is 8.52. The van der Waals surface area contributed by atoms with Gasteiger partial charge in [0.2, 0.25) is 0 Å². The number of hydrogen-bond donors (Lipinski definition) is 1. The summed E-state index contributed by atoms with van der Waals surface area (Å²) in [6, 6.07) is 5.16. The van der Waals surface area contributed by atoms with Crippen LogP contribution in [0.15, 0.2) is 23.0 Å². The van der Waals surface area contributed by atoms with Gasteiger partial charge in [0, 0.05) is 10.4 Å². The number of carboxylic acid groups (broad SMARTS) is 1. The molecule has 0 amide bonds. The molecule has 0 atom stereocenters. The lowest BCUT2D eigenvalue weighted by Gasteiger charge is -2.24. The number of thiophene rings is 1. The fourth-order valence-corrected chi connectivity index (χ4v) is 4.40. The number of aliphatic carboxylic acids is 1. The lowest BCUT2D eigenvalue weighted by molar-refractivity contribution is -0.145. The molecule has 0 saturated carbocycles. The molecule has 0 saturated heterocycles. The molecule has 0 aliphatic carbocycles. The molecule has 0 fully saturated rings. The summed E-state index contributed by atoms with van der Waals surface area (Å²) < 4.78 is 1.23. The standard InChI is InChI=1S/C18H16Cl2N2O3S/c1-8-13(10-5-6-11(19)12(20)7-10)14-15(26-8)21-9(2)22(16(14)23)18(3,4)17(24)25/h5-7H,1-4H3,(H,24,25). The van der Waals surface area contributed by atoms with Gasteiger partial charge in [0.1, 0.15) is 16.2 Å².